The van der Waals surface area contributed by atoms with Gasteiger partial charge in [0.25, 0.3) is 0 Å². The van der Waals surface area contributed by atoms with E-state index in [0.717, 1.165) is 89.2 Å². The van der Waals surface area contributed by atoms with E-state index in [1.165, 1.54) is 24.3 Å². The Balaban J connectivity index is 0.000000224. The Labute approximate surface area is 399 Å². The summed E-state index contributed by atoms with van der Waals surface area (Å²) in [6, 6.07) is 31.9. The minimum Gasteiger partial charge on any atom is -0.479 e. The van der Waals surface area contributed by atoms with E-state index >= 15 is 0 Å². The SMILES string of the molecule is O.O=C(O)CON=C(CCCN1CCC2(CC1)C(=O)NCN2c1ccccc1)c1ccc(F)cc1.O=C(O)CON=C(CCCN1CCC2(CC1)C(=O)NCN2c1ccccc1)c1ccc(F)cc1. The van der Waals surface area contributed by atoms with Gasteiger partial charge in [0.05, 0.1) is 24.8 Å². The Morgan fingerprint density at radius 1 is 0.565 bits per heavy atom. The van der Waals surface area contributed by atoms with Crippen molar-refractivity contribution in [2.24, 2.45) is 10.3 Å². The van der Waals surface area contributed by atoms with Crippen molar-refractivity contribution >= 4 is 46.6 Å². The number of hydrogen-bond donors (Lipinski definition) is 4. The van der Waals surface area contributed by atoms with Gasteiger partial charge >= 0.3 is 11.9 Å². The van der Waals surface area contributed by atoms with Crippen LogP contribution in [0.25, 0.3) is 0 Å². The molecule has 4 aromatic carbocycles. The zero-order valence-electron chi connectivity index (χ0n) is 38.4. The summed E-state index contributed by atoms with van der Waals surface area (Å²) in [5.41, 5.74) is 3.65. The Bertz CT molecular complexity index is 2210. The fraction of sp³-hybridized carbons (Fsp3) is 0.400. The van der Waals surface area contributed by atoms with Gasteiger partial charge in [0.2, 0.25) is 25.0 Å². The summed E-state index contributed by atoms with van der Waals surface area (Å²) in [4.78, 5) is 66.0. The molecule has 69 heavy (non-hydrogen) atoms. The molecule has 0 radical (unpaired) electrons. The van der Waals surface area contributed by atoms with Crippen LogP contribution in [0.5, 0.6) is 0 Å². The highest BCUT2D eigenvalue weighted by atomic mass is 19.1. The molecule has 0 saturated carbocycles. The number of aliphatic carboxylic acids is 2. The number of anilines is 2. The number of oxime groups is 2. The predicted octanol–water partition coefficient (Wildman–Crippen LogP) is 4.85. The van der Waals surface area contributed by atoms with Crippen LogP contribution < -0.4 is 20.4 Å². The van der Waals surface area contributed by atoms with E-state index < -0.39 is 36.2 Å². The second kappa shape index (κ2) is 24.4. The third-order valence-electron chi connectivity index (χ3n) is 13.0. The molecule has 17 nitrogen and oxygen atoms in total. The number of halogens is 2. The zero-order valence-corrected chi connectivity index (χ0v) is 38.4. The van der Waals surface area contributed by atoms with Gasteiger partial charge in [0.1, 0.15) is 22.7 Å². The topological polar surface area (TPSA) is 220 Å². The second-order valence-electron chi connectivity index (χ2n) is 17.2. The van der Waals surface area contributed by atoms with Crippen LogP contribution in [0.3, 0.4) is 0 Å². The molecule has 4 aromatic rings. The normalized spacial score (nSPS) is 17.9. The summed E-state index contributed by atoms with van der Waals surface area (Å²) in [6.45, 7) is 4.81. The van der Waals surface area contributed by atoms with Crippen LogP contribution in [0.15, 0.2) is 120 Å². The number of carboxylic acids is 2. The van der Waals surface area contributed by atoms with Crippen molar-refractivity contribution in [2.45, 2.75) is 62.4 Å². The van der Waals surface area contributed by atoms with Crippen LogP contribution in [-0.4, -0.2) is 138 Å². The smallest absolute Gasteiger partial charge is 0.344 e. The monoisotopic (exact) mass is 954 g/mol. The maximum Gasteiger partial charge on any atom is 0.344 e. The van der Waals surface area contributed by atoms with Crippen LogP contribution >= 0.6 is 0 Å². The quantitative estimate of drug-likeness (QED) is 0.0777. The summed E-state index contributed by atoms with van der Waals surface area (Å²) >= 11 is 0. The minimum absolute atomic E-state index is 0. The maximum atomic E-state index is 13.3. The van der Waals surface area contributed by atoms with Crippen molar-refractivity contribution in [1.82, 2.24) is 20.4 Å². The van der Waals surface area contributed by atoms with Gasteiger partial charge in [-0.3, -0.25) is 9.59 Å². The number of para-hydroxylation sites is 2. The Morgan fingerprint density at radius 2 is 0.913 bits per heavy atom. The van der Waals surface area contributed by atoms with Gasteiger partial charge in [0, 0.05) is 37.6 Å². The van der Waals surface area contributed by atoms with Gasteiger partial charge in [-0.1, -0.05) is 71.0 Å². The molecule has 0 bridgehead atoms. The molecular formula is C50H60F2N8O9. The predicted molar refractivity (Wildman–Crippen MR) is 256 cm³/mol. The molecule has 0 aliphatic carbocycles. The van der Waals surface area contributed by atoms with Crippen molar-refractivity contribution in [3.05, 3.63) is 132 Å². The summed E-state index contributed by atoms with van der Waals surface area (Å²) < 4.78 is 26.6. The van der Waals surface area contributed by atoms with Gasteiger partial charge in [-0.05, 0) is 124 Å². The maximum absolute atomic E-state index is 13.3. The molecule has 8 rings (SSSR count). The number of piperidine rings is 2. The summed E-state index contributed by atoms with van der Waals surface area (Å²) in [6.07, 6.45) is 5.64. The number of amides is 2. The van der Waals surface area contributed by atoms with E-state index in [9.17, 15) is 28.0 Å². The molecule has 4 heterocycles. The summed E-state index contributed by atoms with van der Waals surface area (Å²) in [5, 5.41) is 31.6. The molecule has 4 aliphatic rings. The Hall–Kier alpha value is -6.96. The fourth-order valence-electron chi connectivity index (χ4n) is 9.40. The first-order chi connectivity index (χ1) is 33.0. The van der Waals surface area contributed by atoms with E-state index in [0.29, 0.717) is 48.7 Å². The van der Waals surface area contributed by atoms with E-state index in [4.69, 9.17) is 19.9 Å². The largest absolute Gasteiger partial charge is 0.479 e. The highest BCUT2D eigenvalue weighted by molar-refractivity contribution is 6.01. The molecule has 0 aromatic heterocycles. The van der Waals surface area contributed by atoms with Crippen LogP contribution in [0.4, 0.5) is 20.2 Å². The van der Waals surface area contributed by atoms with Gasteiger partial charge in [-0.2, -0.15) is 0 Å². The number of carbonyl (C=O) groups excluding carboxylic acids is 2. The number of rotatable bonds is 18. The molecule has 19 heteroatoms. The summed E-state index contributed by atoms with van der Waals surface area (Å²) in [5.74, 6) is -2.72. The molecule has 4 fully saturated rings. The van der Waals surface area contributed by atoms with Gasteiger partial charge < -0.3 is 55.6 Å². The number of hydrogen-bond acceptors (Lipinski definition) is 12. The molecule has 4 saturated heterocycles. The molecule has 2 amide bonds. The first-order valence-corrected chi connectivity index (χ1v) is 23.0. The number of likely N-dealkylation sites (tertiary alicyclic amines) is 2. The van der Waals surface area contributed by atoms with Gasteiger partial charge in [-0.15, -0.1) is 0 Å². The van der Waals surface area contributed by atoms with Gasteiger partial charge in [-0.25, -0.2) is 18.4 Å². The molecule has 0 atom stereocenters. The van der Waals surface area contributed by atoms with Crippen LogP contribution in [0.2, 0.25) is 0 Å². The number of carboxylic acid groups (broad SMARTS) is 2. The summed E-state index contributed by atoms with van der Waals surface area (Å²) in [7, 11) is 0. The lowest BCUT2D eigenvalue weighted by atomic mass is 9.85. The lowest BCUT2D eigenvalue weighted by Gasteiger charge is -2.43. The second-order valence-corrected chi connectivity index (χ2v) is 17.2. The molecule has 6 N–H and O–H groups in total. The average molecular weight is 955 g/mol. The Kier molecular flexibility index (Phi) is 18.2. The number of nitrogens with zero attached hydrogens (tertiary/aromatic N) is 6. The van der Waals surface area contributed by atoms with Crippen LogP contribution in [-0.2, 0) is 28.9 Å². The third kappa shape index (κ3) is 13.2. The fourth-order valence-corrected chi connectivity index (χ4v) is 9.40. The third-order valence-corrected chi connectivity index (χ3v) is 13.0. The van der Waals surface area contributed by atoms with Crippen molar-refractivity contribution < 1.29 is 53.3 Å². The molecule has 368 valence electrons. The molecule has 2 spiro atoms. The first kappa shape index (κ1) is 51.4. The van der Waals surface area contributed by atoms with Crippen molar-refractivity contribution in [3.8, 4) is 0 Å². The van der Waals surface area contributed by atoms with Crippen LogP contribution in [0.1, 0.15) is 62.5 Å². The van der Waals surface area contributed by atoms with Crippen molar-refractivity contribution in [2.75, 3.05) is 75.6 Å². The minimum atomic E-state index is -1.11. The molecule has 4 aliphatic heterocycles. The van der Waals surface area contributed by atoms with E-state index in [-0.39, 0.29) is 28.9 Å². The molecule has 0 unspecified atom stereocenters. The number of carbonyl (C=O) groups is 4. The number of benzene rings is 4. The van der Waals surface area contributed by atoms with E-state index in [2.05, 4.69) is 40.5 Å². The average Bonchev–Trinajstić information content (AvgIpc) is 3.84. The van der Waals surface area contributed by atoms with E-state index in [1.807, 2.05) is 60.7 Å². The van der Waals surface area contributed by atoms with Crippen molar-refractivity contribution in [3.63, 3.8) is 0 Å². The van der Waals surface area contributed by atoms with E-state index in [1.54, 1.807) is 24.3 Å². The number of nitrogens with one attached hydrogen (secondary N) is 2. The first-order valence-electron chi connectivity index (χ1n) is 23.0. The Morgan fingerprint density at radius 3 is 1.25 bits per heavy atom. The lowest BCUT2D eigenvalue weighted by Crippen LogP contribution is -2.56. The highest BCUT2D eigenvalue weighted by Crippen LogP contribution is 2.37. The highest BCUT2D eigenvalue weighted by Gasteiger charge is 2.51. The van der Waals surface area contributed by atoms with Gasteiger partial charge in [0.15, 0.2) is 0 Å². The standard InChI is InChI=1S/2C25H29FN4O4.H2O/c2*26-20-10-8-19(9-11-20)22(28-34-17-23(31)32)7-4-14-29-15-12-25(13-16-29)24(33)27-18-30(25)21-5-2-1-3-6-21;/h2*1-3,5-6,8-11H,4,7,12-18H2,(H,27,33)(H,31,32);1H2. The lowest BCUT2D eigenvalue weighted by molar-refractivity contribution is -0.143. The molecular weight excluding hydrogens is 895 g/mol. The zero-order chi connectivity index (χ0) is 47.9. The van der Waals surface area contributed by atoms with Crippen LogP contribution in [0, 0.1) is 11.6 Å². The van der Waals surface area contributed by atoms with Crippen molar-refractivity contribution in [1.29, 1.82) is 0 Å².